The van der Waals surface area contributed by atoms with Crippen LogP contribution in [0.15, 0.2) is 35.0 Å². The van der Waals surface area contributed by atoms with E-state index in [0.717, 1.165) is 41.1 Å². The maximum atomic E-state index is 5.43. The lowest BCUT2D eigenvalue weighted by Gasteiger charge is -2.18. The molecule has 1 aliphatic carbocycles. The van der Waals surface area contributed by atoms with Crippen molar-refractivity contribution in [1.82, 2.24) is 5.16 Å². The van der Waals surface area contributed by atoms with E-state index in [0.29, 0.717) is 0 Å². The molecule has 0 bridgehead atoms. The van der Waals surface area contributed by atoms with Crippen molar-refractivity contribution in [2.24, 2.45) is 0 Å². The second-order valence-electron chi connectivity index (χ2n) is 5.20. The van der Waals surface area contributed by atoms with Crippen LogP contribution < -0.4 is 9.47 Å². The van der Waals surface area contributed by atoms with E-state index < -0.39 is 0 Å². The fourth-order valence-electron chi connectivity index (χ4n) is 3.11. The third-order valence-corrected chi connectivity index (χ3v) is 4.17. The Morgan fingerprint density at radius 3 is 2.67 bits per heavy atom. The molecule has 2 aromatic carbocycles. The van der Waals surface area contributed by atoms with Crippen molar-refractivity contribution < 1.29 is 14.0 Å². The van der Waals surface area contributed by atoms with Crippen LogP contribution >= 0.6 is 0 Å². The van der Waals surface area contributed by atoms with Crippen molar-refractivity contribution in [3.05, 3.63) is 41.6 Å². The van der Waals surface area contributed by atoms with Gasteiger partial charge in [0.05, 0.1) is 20.4 Å². The highest BCUT2D eigenvalue weighted by Gasteiger charge is 2.22. The van der Waals surface area contributed by atoms with Gasteiger partial charge in [-0.2, -0.15) is 0 Å². The number of benzene rings is 2. The molecule has 3 aromatic rings. The monoisotopic (exact) mass is 281 g/mol. The molecule has 1 aromatic heterocycles. The lowest BCUT2D eigenvalue weighted by molar-refractivity contribution is 0.356. The van der Waals surface area contributed by atoms with Crippen molar-refractivity contribution in [3.8, 4) is 22.8 Å². The zero-order chi connectivity index (χ0) is 14.4. The third kappa shape index (κ3) is 1.72. The number of hydrogen-bond donors (Lipinski definition) is 0. The van der Waals surface area contributed by atoms with Crippen molar-refractivity contribution >= 4 is 10.8 Å². The smallest absolute Gasteiger partial charge is 0.170 e. The molecule has 0 spiro atoms. The van der Waals surface area contributed by atoms with Crippen LogP contribution in [0, 0.1) is 0 Å². The minimum atomic E-state index is 0.751. The molecular weight excluding hydrogens is 266 g/mol. The van der Waals surface area contributed by atoms with Gasteiger partial charge in [-0.15, -0.1) is 0 Å². The van der Waals surface area contributed by atoms with E-state index in [4.69, 9.17) is 14.0 Å². The third-order valence-electron chi connectivity index (χ3n) is 4.17. The molecule has 4 heteroatoms. The van der Waals surface area contributed by atoms with Crippen molar-refractivity contribution in [3.63, 3.8) is 0 Å². The zero-order valence-corrected chi connectivity index (χ0v) is 12.0. The fraction of sp³-hybridized carbons (Fsp3) is 0.235. The second-order valence-corrected chi connectivity index (χ2v) is 5.20. The Morgan fingerprint density at radius 2 is 1.86 bits per heavy atom. The summed E-state index contributed by atoms with van der Waals surface area (Å²) in [5.41, 5.74) is 3.61. The number of aromatic nitrogens is 1. The van der Waals surface area contributed by atoms with Gasteiger partial charge in [0.2, 0.25) is 0 Å². The second kappa shape index (κ2) is 4.52. The minimum Gasteiger partial charge on any atom is -0.493 e. The van der Waals surface area contributed by atoms with Crippen LogP contribution in [0.4, 0.5) is 0 Å². The van der Waals surface area contributed by atoms with Crippen LogP contribution in [0.3, 0.4) is 0 Å². The van der Waals surface area contributed by atoms with Gasteiger partial charge in [0.25, 0.3) is 0 Å². The Morgan fingerprint density at radius 1 is 1.05 bits per heavy atom. The van der Waals surface area contributed by atoms with Crippen molar-refractivity contribution in [2.45, 2.75) is 12.8 Å². The van der Waals surface area contributed by atoms with Gasteiger partial charge in [0.15, 0.2) is 17.3 Å². The van der Waals surface area contributed by atoms with Gasteiger partial charge >= 0.3 is 0 Å². The summed E-state index contributed by atoms with van der Waals surface area (Å²) in [5.74, 6) is 2.40. The number of methoxy groups -OCH3 is 2. The summed E-state index contributed by atoms with van der Waals surface area (Å²) in [6, 6.07) is 8.26. The van der Waals surface area contributed by atoms with Gasteiger partial charge in [0.1, 0.15) is 0 Å². The number of hydrogen-bond acceptors (Lipinski definition) is 4. The lowest BCUT2D eigenvalue weighted by atomic mass is 9.87. The van der Waals surface area contributed by atoms with Crippen LogP contribution in [0.1, 0.15) is 11.1 Å². The Kier molecular flexibility index (Phi) is 2.64. The highest BCUT2D eigenvalue weighted by Crippen LogP contribution is 2.40. The molecule has 0 saturated heterocycles. The molecule has 21 heavy (non-hydrogen) atoms. The van der Waals surface area contributed by atoms with Crippen LogP contribution in [0.5, 0.6) is 11.5 Å². The van der Waals surface area contributed by atoms with Gasteiger partial charge < -0.3 is 14.0 Å². The van der Waals surface area contributed by atoms with Gasteiger partial charge in [-0.3, -0.25) is 0 Å². The van der Waals surface area contributed by atoms with E-state index in [1.54, 1.807) is 14.2 Å². The summed E-state index contributed by atoms with van der Waals surface area (Å²) < 4.78 is 16.2. The van der Waals surface area contributed by atoms with Crippen LogP contribution in [-0.4, -0.2) is 19.4 Å². The van der Waals surface area contributed by atoms with E-state index >= 15 is 0 Å². The molecule has 1 aliphatic rings. The molecule has 0 N–H and O–H groups in total. The number of nitrogens with zero attached hydrogens (tertiary/aromatic N) is 1. The van der Waals surface area contributed by atoms with E-state index in [-0.39, 0.29) is 0 Å². The summed E-state index contributed by atoms with van der Waals surface area (Å²) in [4.78, 5) is 0. The summed E-state index contributed by atoms with van der Waals surface area (Å²) in [7, 11) is 3.32. The quantitative estimate of drug-likeness (QED) is 0.719. The molecule has 4 nitrogen and oxygen atoms in total. The molecule has 4 rings (SSSR count). The largest absolute Gasteiger partial charge is 0.493 e. The van der Waals surface area contributed by atoms with Crippen LogP contribution in [-0.2, 0) is 12.8 Å². The Labute approximate surface area is 122 Å². The molecule has 0 saturated carbocycles. The van der Waals surface area contributed by atoms with E-state index in [1.165, 1.54) is 16.5 Å². The first kappa shape index (κ1) is 12.3. The maximum Gasteiger partial charge on any atom is 0.170 e. The van der Waals surface area contributed by atoms with Gasteiger partial charge in [-0.25, -0.2) is 0 Å². The lowest BCUT2D eigenvalue weighted by Crippen LogP contribution is -2.03. The van der Waals surface area contributed by atoms with Gasteiger partial charge in [-0.05, 0) is 41.3 Å². The average Bonchev–Trinajstić information content (AvgIpc) is 3.01. The zero-order valence-electron chi connectivity index (χ0n) is 12.0. The SMILES string of the molecule is COc1cc2ccc3c(c2cc1OC)CCc1cnoc1-3. The van der Waals surface area contributed by atoms with Crippen molar-refractivity contribution in [1.29, 1.82) is 0 Å². The maximum absolute atomic E-state index is 5.43. The number of fused-ring (bicyclic) bond motifs is 5. The first-order chi connectivity index (χ1) is 10.3. The Hall–Kier alpha value is -2.49. The first-order valence-corrected chi connectivity index (χ1v) is 6.93. The van der Waals surface area contributed by atoms with E-state index in [1.807, 2.05) is 18.3 Å². The number of rotatable bonds is 2. The summed E-state index contributed by atoms with van der Waals surface area (Å²) in [6.07, 6.45) is 3.76. The molecule has 106 valence electrons. The van der Waals surface area contributed by atoms with Gasteiger partial charge in [0, 0.05) is 11.1 Å². The molecule has 0 radical (unpaired) electrons. The molecule has 1 heterocycles. The summed E-state index contributed by atoms with van der Waals surface area (Å²) in [5, 5.41) is 6.26. The topological polar surface area (TPSA) is 44.5 Å². The number of ether oxygens (including phenoxy) is 2. The predicted octanol–water partition coefficient (Wildman–Crippen LogP) is 3.61. The van der Waals surface area contributed by atoms with Crippen LogP contribution in [0.25, 0.3) is 22.1 Å². The normalized spacial score (nSPS) is 12.9. The Balaban J connectivity index is 2.02. The molecule has 0 unspecified atom stereocenters. The number of aryl methyl sites for hydroxylation is 2. The van der Waals surface area contributed by atoms with Crippen LogP contribution in [0.2, 0.25) is 0 Å². The minimum absolute atomic E-state index is 0.751. The molecule has 0 fully saturated rings. The van der Waals surface area contributed by atoms with Crippen molar-refractivity contribution in [2.75, 3.05) is 14.2 Å². The standard InChI is InChI=1S/C17H15NO3/c1-19-15-7-10-3-6-13-12(14(10)8-16(15)20-2)5-4-11-9-18-21-17(11)13/h3,6-9H,4-5H2,1-2H3. The molecular formula is C17H15NO3. The average molecular weight is 281 g/mol. The first-order valence-electron chi connectivity index (χ1n) is 6.93. The van der Waals surface area contributed by atoms with Gasteiger partial charge in [-0.1, -0.05) is 17.3 Å². The summed E-state index contributed by atoms with van der Waals surface area (Å²) in [6.45, 7) is 0. The predicted molar refractivity (Wildman–Crippen MR) is 80.0 cm³/mol. The molecule has 0 atom stereocenters. The van der Waals surface area contributed by atoms with E-state index in [2.05, 4.69) is 17.3 Å². The summed E-state index contributed by atoms with van der Waals surface area (Å²) >= 11 is 0. The fourth-order valence-corrected chi connectivity index (χ4v) is 3.11. The molecule has 0 aliphatic heterocycles. The Bertz CT molecular complexity index is 835. The van der Waals surface area contributed by atoms with E-state index in [9.17, 15) is 0 Å². The molecule has 0 amide bonds. The highest BCUT2D eigenvalue weighted by molar-refractivity contribution is 5.94. The highest BCUT2D eigenvalue weighted by atomic mass is 16.5.